The highest BCUT2D eigenvalue weighted by molar-refractivity contribution is 6.65. The first kappa shape index (κ1) is 15.9. The molecule has 0 radical (unpaired) electrons. The molecular formula is C14H8Cl2N2O4. The number of non-ortho nitro benzene ring substituents is 2. The number of benzene rings is 2. The maximum absolute atomic E-state index is 10.6. The summed E-state index contributed by atoms with van der Waals surface area (Å²) in [4.78, 5) is 20.2. The van der Waals surface area contributed by atoms with E-state index in [0.29, 0.717) is 11.1 Å². The molecule has 0 aliphatic carbocycles. The van der Waals surface area contributed by atoms with Gasteiger partial charge < -0.3 is 0 Å². The van der Waals surface area contributed by atoms with Crippen molar-refractivity contribution in [1.29, 1.82) is 0 Å². The molecule has 0 spiro atoms. The van der Waals surface area contributed by atoms with Crippen molar-refractivity contribution >= 4 is 44.6 Å². The third kappa shape index (κ3) is 3.41. The van der Waals surface area contributed by atoms with Crippen LogP contribution in [-0.4, -0.2) is 9.85 Å². The second-order valence-electron chi connectivity index (χ2n) is 4.24. The maximum Gasteiger partial charge on any atom is 0.269 e. The Hall–Kier alpha value is -2.44. The minimum atomic E-state index is -0.515. The zero-order valence-corrected chi connectivity index (χ0v) is 12.4. The zero-order chi connectivity index (χ0) is 16.3. The molecule has 0 atom stereocenters. The van der Waals surface area contributed by atoms with Gasteiger partial charge >= 0.3 is 0 Å². The van der Waals surface area contributed by atoms with Crippen LogP contribution in [0.4, 0.5) is 11.4 Å². The van der Waals surface area contributed by atoms with E-state index in [4.69, 9.17) is 23.2 Å². The van der Waals surface area contributed by atoms with Gasteiger partial charge in [0, 0.05) is 24.3 Å². The molecule has 2 rings (SSSR count). The number of hydrogen-bond acceptors (Lipinski definition) is 4. The second kappa shape index (κ2) is 6.55. The van der Waals surface area contributed by atoms with Crippen LogP contribution in [0.1, 0.15) is 11.1 Å². The van der Waals surface area contributed by atoms with Crippen LogP contribution in [0.3, 0.4) is 0 Å². The Labute approximate surface area is 134 Å². The predicted octanol–water partition coefficient (Wildman–Crippen LogP) is 4.81. The van der Waals surface area contributed by atoms with Crippen molar-refractivity contribution in [3.63, 3.8) is 0 Å². The SMILES string of the molecule is O=[N+]([O-])c1ccc(C(Cl)=C(Cl)c2ccc([N+](=O)[O-])cc2)cc1. The highest BCUT2D eigenvalue weighted by Crippen LogP contribution is 2.33. The molecule has 8 heteroatoms. The molecule has 0 aromatic heterocycles. The number of halogens is 2. The van der Waals surface area contributed by atoms with Crippen LogP contribution in [0.5, 0.6) is 0 Å². The van der Waals surface area contributed by atoms with Crippen molar-refractivity contribution in [1.82, 2.24) is 0 Å². The third-order valence-electron chi connectivity index (χ3n) is 2.86. The Morgan fingerprint density at radius 2 is 0.955 bits per heavy atom. The van der Waals surface area contributed by atoms with E-state index in [1.54, 1.807) is 0 Å². The van der Waals surface area contributed by atoms with Crippen LogP contribution in [0, 0.1) is 20.2 Å². The summed E-state index contributed by atoms with van der Waals surface area (Å²) in [5.41, 5.74) is 0.908. The third-order valence-corrected chi connectivity index (χ3v) is 3.77. The molecule has 22 heavy (non-hydrogen) atoms. The van der Waals surface area contributed by atoms with Gasteiger partial charge in [0.25, 0.3) is 11.4 Å². The molecule has 112 valence electrons. The summed E-state index contributed by atoms with van der Waals surface area (Å²) in [7, 11) is 0. The van der Waals surface area contributed by atoms with Gasteiger partial charge in [-0.15, -0.1) is 0 Å². The summed E-state index contributed by atoms with van der Waals surface area (Å²) < 4.78 is 0. The van der Waals surface area contributed by atoms with Crippen molar-refractivity contribution in [3.05, 3.63) is 79.9 Å². The van der Waals surface area contributed by atoms with Crippen LogP contribution < -0.4 is 0 Å². The molecule has 0 heterocycles. The van der Waals surface area contributed by atoms with E-state index in [1.165, 1.54) is 48.5 Å². The molecule has 0 fully saturated rings. The van der Waals surface area contributed by atoms with E-state index in [1.807, 2.05) is 0 Å². The maximum atomic E-state index is 10.6. The quantitative estimate of drug-likeness (QED) is 0.454. The second-order valence-corrected chi connectivity index (χ2v) is 4.99. The van der Waals surface area contributed by atoms with Gasteiger partial charge in [0.15, 0.2) is 0 Å². The zero-order valence-electron chi connectivity index (χ0n) is 10.9. The summed E-state index contributed by atoms with van der Waals surface area (Å²) in [5.74, 6) is 0. The van der Waals surface area contributed by atoms with E-state index >= 15 is 0 Å². The fourth-order valence-electron chi connectivity index (χ4n) is 1.71. The van der Waals surface area contributed by atoms with E-state index in [-0.39, 0.29) is 21.4 Å². The molecule has 0 saturated heterocycles. The summed E-state index contributed by atoms with van der Waals surface area (Å²) in [6, 6.07) is 11.2. The first-order chi connectivity index (χ1) is 10.4. The molecule has 0 unspecified atom stereocenters. The van der Waals surface area contributed by atoms with E-state index in [0.717, 1.165) is 0 Å². The molecule has 0 aliphatic rings. The first-order valence-electron chi connectivity index (χ1n) is 5.95. The number of nitro benzene ring substituents is 2. The predicted molar refractivity (Wildman–Crippen MR) is 84.7 cm³/mol. The summed E-state index contributed by atoms with van der Waals surface area (Å²) in [5, 5.41) is 21.6. The standard InChI is InChI=1S/C14H8Cl2N2O4/c15-13(9-1-5-11(6-2-9)17(19)20)14(16)10-3-7-12(8-4-10)18(21)22/h1-8H. The smallest absolute Gasteiger partial charge is 0.258 e. The van der Waals surface area contributed by atoms with E-state index in [2.05, 4.69) is 0 Å². The highest BCUT2D eigenvalue weighted by atomic mass is 35.5. The molecular weight excluding hydrogens is 331 g/mol. The summed E-state index contributed by atoms with van der Waals surface area (Å²) in [6.45, 7) is 0. The van der Waals surface area contributed by atoms with Crippen LogP contribution in [-0.2, 0) is 0 Å². The van der Waals surface area contributed by atoms with Crippen molar-refractivity contribution in [2.45, 2.75) is 0 Å². The van der Waals surface area contributed by atoms with Gasteiger partial charge in [0.05, 0.1) is 19.9 Å². The highest BCUT2D eigenvalue weighted by Gasteiger charge is 2.12. The fourth-order valence-corrected chi connectivity index (χ4v) is 2.18. The Morgan fingerprint density at radius 1 is 0.682 bits per heavy atom. The minimum absolute atomic E-state index is 0.0559. The molecule has 0 bridgehead atoms. The topological polar surface area (TPSA) is 86.3 Å². The van der Waals surface area contributed by atoms with Gasteiger partial charge in [0.2, 0.25) is 0 Å². The van der Waals surface area contributed by atoms with E-state index < -0.39 is 9.85 Å². The molecule has 0 saturated carbocycles. The van der Waals surface area contributed by atoms with Crippen molar-refractivity contribution < 1.29 is 9.85 Å². The lowest BCUT2D eigenvalue weighted by Gasteiger charge is -2.04. The normalized spacial score (nSPS) is 11.7. The number of nitrogens with zero attached hydrogens (tertiary/aromatic N) is 2. The fraction of sp³-hybridized carbons (Fsp3) is 0. The Balaban J connectivity index is 2.35. The average Bonchev–Trinajstić information content (AvgIpc) is 2.53. The summed E-state index contributed by atoms with van der Waals surface area (Å²) >= 11 is 12.3. The first-order valence-corrected chi connectivity index (χ1v) is 6.70. The lowest BCUT2D eigenvalue weighted by atomic mass is 10.1. The number of hydrogen-bond donors (Lipinski definition) is 0. The van der Waals surface area contributed by atoms with Crippen LogP contribution in [0.25, 0.3) is 10.1 Å². The van der Waals surface area contributed by atoms with Gasteiger partial charge in [-0.1, -0.05) is 23.2 Å². The average molecular weight is 339 g/mol. The lowest BCUT2D eigenvalue weighted by molar-refractivity contribution is -0.385. The molecule has 6 nitrogen and oxygen atoms in total. The monoisotopic (exact) mass is 338 g/mol. The van der Waals surface area contributed by atoms with Gasteiger partial charge in [-0.2, -0.15) is 0 Å². The number of nitro groups is 2. The Morgan fingerprint density at radius 3 is 1.18 bits per heavy atom. The van der Waals surface area contributed by atoms with E-state index in [9.17, 15) is 20.2 Å². The van der Waals surface area contributed by atoms with Crippen LogP contribution >= 0.6 is 23.2 Å². The minimum Gasteiger partial charge on any atom is -0.258 e. The summed E-state index contributed by atoms with van der Waals surface area (Å²) in [6.07, 6.45) is 0. The van der Waals surface area contributed by atoms with Crippen LogP contribution in [0.15, 0.2) is 48.5 Å². The van der Waals surface area contributed by atoms with Crippen molar-refractivity contribution in [3.8, 4) is 0 Å². The van der Waals surface area contributed by atoms with Crippen molar-refractivity contribution in [2.24, 2.45) is 0 Å². The molecule has 0 amide bonds. The van der Waals surface area contributed by atoms with Gasteiger partial charge in [-0.25, -0.2) is 0 Å². The van der Waals surface area contributed by atoms with Crippen LogP contribution in [0.2, 0.25) is 0 Å². The van der Waals surface area contributed by atoms with Gasteiger partial charge in [-0.05, 0) is 35.4 Å². The molecule has 0 N–H and O–H groups in total. The van der Waals surface area contributed by atoms with Gasteiger partial charge in [0.1, 0.15) is 0 Å². The number of rotatable bonds is 4. The van der Waals surface area contributed by atoms with Crippen molar-refractivity contribution in [2.75, 3.05) is 0 Å². The van der Waals surface area contributed by atoms with Gasteiger partial charge in [-0.3, -0.25) is 20.2 Å². The Kier molecular flexibility index (Phi) is 4.75. The molecule has 2 aromatic rings. The lowest BCUT2D eigenvalue weighted by Crippen LogP contribution is -1.89. The molecule has 0 aliphatic heterocycles. The Bertz CT molecular complexity index is 690. The largest absolute Gasteiger partial charge is 0.269 e. The molecule has 2 aromatic carbocycles.